The van der Waals surface area contributed by atoms with Gasteiger partial charge in [-0.3, -0.25) is 0 Å². The second-order valence-electron chi connectivity index (χ2n) is 8.09. The Kier molecular flexibility index (Phi) is 4.02. The molecule has 1 aliphatic carbocycles. The van der Waals surface area contributed by atoms with Crippen LogP contribution in [-0.2, 0) is 12.8 Å². The molecule has 5 rings (SSSR count). The summed E-state index contributed by atoms with van der Waals surface area (Å²) in [6.07, 6.45) is 5.49. The van der Waals surface area contributed by atoms with E-state index in [2.05, 4.69) is 43.4 Å². The van der Waals surface area contributed by atoms with E-state index in [9.17, 15) is 0 Å². The highest BCUT2D eigenvalue weighted by molar-refractivity contribution is 5.43. The molecule has 3 aromatic rings. The average Bonchev–Trinajstić information content (AvgIpc) is 3.10. The quantitative estimate of drug-likeness (QED) is 0.697. The van der Waals surface area contributed by atoms with Crippen molar-refractivity contribution in [3.63, 3.8) is 0 Å². The van der Waals surface area contributed by atoms with Crippen LogP contribution in [0.1, 0.15) is 54.9 Å². The first-order valence-corrected chi connectivity index (χ1v) is 9.97. The van der Waals surface area contributed by atoms with E-state index in [1.165, 1.54) is 17.7 Å². The van der Waals surface area contributed by atoms with Gasteiger partial charge < -0.3 is 4.90 Å². The van der Waals surface area contributed by atoms with E-state index in [0.717, 1.165) is 67.7 Å². The predicted octanol–water partition coefficient (Wildman–Crippen LogP) is 2.73. The van der Waals surface area contributed by atoms with E-state index >= 15 is 0 Å². The van der Waals surface area contributed by atoms with Gasteiger partial charge in [0.1, 0.15) is 0 Å². The molecule has 0 N–H and O–H groups in total. The van der Waals surface area contributed by atoms with Crippen molar-refractivity contribution in [1.29, 1.82) is 0 Å². The van der Waals surface area contributed by atoms with E-state index in [0.29, 0.717) is 5.92 Å². The number of fused-ring (bicyclic) bond motifs is 2. The third kappa shape index (κ3) is 3.05. The summed E-state index contributed by atoms with van der Waals surface area (Å²) < 4.78 is 1.91. The molecule has 0 spiro atoms. The summed E-state index contributed by atoms with van der Waals surface area (Å²) in [6.45, 7) is 6.26. The van der Waals surface area contributed by atoms with E-state index in [1.807, 2.05) is 23.6 Å². The first-order valence-electron chi connectivity index (χ1n) is 9.97. The maximum Gasteiger partial charge on any atom is 0.177 e. The highest BCUT2D eigenvalue weighted by atomic mass is 15.4. The monoisotopic (exact) mass is 363 g/mol. The number of hydrogen-bond acceptors (Lipinski definition) is 6. The first-order chi connectivity index (χ1) is 13.2. The Morgan fingerprint density at radius 3 is 2.70 bits per heavy atom. The van der Waals surface area contributed by atoms with Crippen LogP contribution in [0.2, 0.25) is 0 Å². The van der Waals surface area contributed by atoms with Gasteiger partial charge in [0.25, 0.3) is 0 Å². The summed E-state index contributed by atoms with van der Waals surface area (Å²) in [5.41, 5.74) is 4.40. The minimum absolute atomic E-state index is 0.385. The third-order valence-electron chi connectivity index (χ3n) is 5.99. The molecule has 1 atom stereocenters. The number of hydrogen-bond donors (Lipinski definition) is 0. The second kappa shape index (κ2) is 6.55. The van der Waals surface area contributed by atoms with Crippen LogP contribution < -0.4 is 4.90 Å². The molecule has 4 heterocycles. The highest BCUT2D eigenvalue weighted by Crippen LogP contribution is 2.31. The van der Waals surface area contributed by atoms with Crippen LogP contribution in [-0.4, -0.2) is 43.1 Å². The molecule has 7 nitrogen and oxygen atoms in total. The van der Waals surface area contributed by atoms with E-state index < -0.39 is 0 Å². The van der Waals surface area contributed by atoms with Crippen molar-refractivity contribution in [2.45, 2.75) is 51.9 Å². The Morgan fingerprint density at radius 2 is 1.85 bits per heavy atom. The molecule has 1 fully saturated rings. The predicted molar refractivity (Wildman–Crippen MR) is 103 cm³/mol. The van der Waals surface area contributed by atoms with E-state index in [1.54, 1.807) is 0 Å². The molecular formula is C20H25N7. The summed E-state index contributed by atoms with van der Waals surface area (Å²) in [4.78, 5) is 2.37. The Bertz CT molecular complexity index is 972. The zero-order valence-corrected chi connectivity index (χ0v) is 16.0. The van der Waals surface area contributed by atoms with Gasteiger partial charge in [-0.15, -0.1) is 15.3 Å². The molecule has 3 aromatic heterocycles. The lowest BCUT2D eigenvalue weighted by Crippen LogP contribution is -2.34. The fraction of sp³-hybridized carbons (Fsp3) is 0.550. The lowest BCUT2D eigenvalue weighted by Gasteiger charge is -2.32. The maximum atomic E-state index is 4.60. The van der Waals surface area contributed by atoms with Crippen LogP contribution >= 0.6 is 0 Å². The van der Waals surface area contributed by atoms with Crippen LogP contribution in [0.5, 0.6) is 0 Å². The molecule has 1 aliphatic heterocycles. The lowest BCUT2D eigenvalue weighted by molar-refractivity contribution is 0.469. The van der Waals surface area contributed by atoms with E-state index in [-0.39, 0.29) is 0 Å². The zero-order chi connectivity index (χ0) is 18.4. The summed E-state index contributed by atoms with van der Waals surface area (Å²) in [5, 5.41) is 22.3. The fourth-order valence-corrected chi connectivity index (χ4v) is 4.36. The Morgan fingerprint density at radius 1 is 1.00 bits per heavy atom. The van der Waals surface area contributed by atoms with Crippen LogP contribution in [0.4, 0.5) is 5.82 Å². The van der Waals surface area contributed by atoms with Crippen molar-refractivity contribution < 1.29 is 0 Å². The molecule has 1 saturated heterocycles. The molecule has 0 radical (unpaired) electrons. The Balaban J connectivity index is 1.33. The average molecular weight is 363 g/mol. The normalized spacial score (nSPS) is 20.8. The summed E-state index contributed by atoms with van der Waals surface area (Å²) in [5.74, 6) is 3.15. The van der Waals surface area contributed by atoms with Gasteiger partial charge in [-0.1, -0.05) is 6.92 Å². The van der Waals surface area contributed by atoms with Crippen molar-refractivity contribution in [2.75, 3.05) is 18.0 Å². The van der Waals surface area contributed by atoms with Crippen molar-refractivity contribution in [1.82, 2.24) is 30.0 Å². The zero-order valence-electron chi connectivity index (χ0n) is 16.0. The standard InChI is InChI=1S/C20H25N7/c1-13-3-5-17-16(11-13)12-19(23-21-17)26-9-7-15(8-10-26)20-24-22-18-6-4-14(2)25-27(18)20/h4,6,12-13,15H,3,5,7-11H2,1-2H3. The SMILES string of the molecule is Cc1ccc2nnc(C3CCN(c4cc5c(nn4)CCC(C)C5)CC3)n2n1. The Hall–Kier alpha value is -2.57. The van der Waals surface area contributed by atoms with Gasteiger partial charge in [-0.05, 0) is 68.7 Å². The molecule has 0 aromatic carbocycles. The molecule has 2 aliphatic rings. The summed E-state index contributed by atoms with van der Waals surface area (Å²) in [6, 6.07) is 6.24. The van der Waals surface area contributed by atoms with Crippen LogP contribution in [0.25, 0.3) is 5.65 Å². The second-order valence-corrected chi connectivity index (χ2v) is 8.09. The van der Waals surface area contributed by atoms with Gasteiger partial charge >= 0.3 is 0 Å². The fourth-order valence-electron chi connectivity index (χ4n) is 4.36. The minimum atomic E-state index is 0.385. The van der Waals surface area contributed by atoms with Gasteiger partial charge in [-0.25, -0.2) is 0 Å². The number of anilines is 1. The number of rotatable bonds is 2. The Labute approximate surface area is 158 Å². The summed E-state index contributed by atoms with van der Waals surface area (Å²) >= 11 is 0. The van der Waals surface area contributed by atoms with Gasteiger partial charge in [0, 0.05) is 19.0 Å². The molecule has 1 unspecified atom stereocenters. The summed E-state index contributed by atoms with van der Waals surface area (Å²) in [7, 11) is 0. The maximum absolute atomic E-state index is 4.60. The van der Waals surface area contributed by atoms with Gasteiger partial charge in [0.05, 0.1) is 11.4 Å². The van der Waals surface area contributed by atoms with Crippen LogP contribution in [0.3, 0.4) is 0 Å². The topological polar surface area (TPSA) is 72.1 Å². The van der Waals surface area contributed by atoms with Crippen LogP contribution in [0, 0.1) is 12.8 Å². The van der Waals surface area contributed by atoms with Crippen molar-refractivity contribution in [3.05, 3.63) is 41.0 Å². The number of aryl methyl sites for hydroxylation is 2. The molecule has 0 amide bonds. The highest BCUT2D eigenvalue weighted by Gasteiger charge is 2.27. The molecule has 7 heteroatoms. The lowest BCUT2D eigenvalue weighted by atomic mass is 9.88. The number of piperidine rings is 1. The van der Waals surface area contributed by atoms with Crippen molar-refractivity contribution >= 4 is 11.5 Å². The molecule has 0 bridgehead atoms. The molecule has 140 valence electrons. The van der Waals surface area contributed by atoms with Gasteiger partial charge in [-0.2, -0.15) is 14.7 Å². The number of aromatic nitrogens is 6. The van der Waals surface area contributed by atoms with Crippen LogP contribution in [0.15, 0.2) is 18.2 Å². The minimum Gasteiger partial charge on any atom is -0.355 e. The van der Waals surface area contributed by atoms with E-state index in [4.69, 9.17) is 0 Å². The van der Waals surface area contributed by atoms with Crippen molar-refractivity contribution in [3.8, 4) is 0 Å². The first kappa shape index (κ1) is 16.6. The van der Waals surface area contributed by atoms with Crippen molar-refractivity contribution in [2.24, 2.45) is 5.92 Å². The third-order valence-corrected chi connectivity index (χ3v) is 5.99. The van der Waals surface area contributed by atoms with Gasteiger partial charge in [0.2, 0.25) is 0 Å². The molecule has 0 saturated carbocycles. The number of nitrogens with zero attached hydrogens (tertiary/aromatic N) is 7. The largest absolute Gasteiger partial charge is 0.355 e. The smallest absolute Gasteiger partial charge is 0.177 e. The molecular weight excluding hydrogens is 338 g/mol. The molecule has 27 heavy (non-hydrogen) atoms. The van der Waals surface area contributed by atoms with Gasteiger partial charge in [0.15, 0.2) is 17.3 Å².